The number of nitrogens with two attached hydrogens (primary N) is 1. The van der Waals surface area contributed by atoms with E-state index in [1.54, 1.807) is 12.4 Å². The summed E-state index contributed by atoms with van der Waals surface area (Å²) >= 11 is 0. The Bertz CT molecular complexity index is 602. The molecule has 1 amide bonds. The van der Waals surface area contributed by atoms with Crippen molar-refractivity contribution in [1.82, 2.24) is 20.4 Å². The van der Waals surface area contributed by atoms with Crippen LogP contribution in [-0.4, -0.2) is 32.8 Å². The fourth-order valence-corrected chi connectivity index (χ4v) is 2.76. The normalized spacial score (nSPS) is 22.9. The van der Waals surface area contributed by atoms with Crippen molar-refractivity contribution in [3.05, 3.63) is 12.4 Å². The molecule has 20 heavy (non-hydrogen) atoms. The Balaban J connectivity index is 1.69. The first-order chi connectivity index (χ1) is 9.78. The van der Waals surface area contributed by atoms with E-state index in [-0.39, 0.29) is 11.8 Å². The van der Waals surface area contributed by atoms with Gasteiger partial charge in [0.1, 0.15) is 11.0 Å². The van der Waals surface area contributed by atoms with Gasteiger partial charge in [0.05, 0.1) is 18.1 Å². The highest BCUT2D eigenvalue weighted by molar-refractivity contribution is 5.99. The van der Waals surface area contributed by atoms with Gasteiger partial charge in [0.25, 0.3) is 0 Å². The van der Waals surface area contributed by atoms with Crippen LogP contribution in [0.3, 0.4) is 0 Å². The van der Waals surface area contributed by atoms with Gasteiger partial charge in [-0.15, -0.1) is 0 Å². The van der Waals surface area contributed by atoms with E-state index in [0.29, 0.717) is 22.6 Å². The van der Waals surface area contributed by atoms with Gasteiger partial charge in [-0.25, -0.2) is 0 Å². The molecule has 1 fully saturated rings. The van der Waals surface area contributed by atoms with Crippen molar-refractivity contribution < 1.29 is 4.79 Å². The molecule has 4 N–H and O–H groups in total. The van der Waals surface area contributed by atoms with E-state index in [4.69, 9.17) is 5.73 Å². The third kappa shape index (κ3) is 2.49. The maximum Gasteiger partial charge on any atom is 0.227 e. The molecule has 106 valence electrons. The number of rotatable bonds is 3. The average Bonchev–Trinajstić information content (AvgIpc) is 2.97. The number of carbonyl (C=O) groups is 1. The van der Waals surface area contributed by atoms with Gasteiger partial charge in [0.15, 0.2) is 0 Å². The number of nitrogens with zero attached hydrogens (tertiary/aromatic N) is 3. The molecular formula is C13H18N6O. The quantitative estimate of drug-likeness (QED) is 0.775. The van der Waals surface area contributed by atoms with Crippen molar-refractivity contribution in [3.63, 3.8) is 0 Å². The summed E-state index contributed by atoms with van der Waals surface area (Å²) in [6.07, 6.45) is 7.07. The van der Waals surface area contributed by atoms with Crippen LogP contribution in [0.5, 0.6) is 0 Å². The van der Waals surface area contributed by atoms with Crippen LogP contribution < -0.4 is 11.1 Å². The number of carbonyl (C=O) groups excluding carboxylic acids is 1. The highest BCUT2D eigenvalue weighted by atomic mass is 16.1. The van der Waals surface area contributed by atoms with Crippen LogP contribution in [0.15, 0.2) is 12.4 Å². The fourth-order valence-electron chi connectivity index (χ4n) is 2.76. The van der Waals surface area contributed by atoms with Crippen LogP contribution in [0.1, 0.15) is 25.7 Å². The summed E-state index contributed by atoms with van der Waals surface area (Å²) in [6.45, 7) is 0.719. The maximum atomic E-state index is 12.3. The number of pyridine rings is 1. The number of aromatic nitrogens is 4. The second-order valence-electron chi connectivity index (χ2n) is 5.32. The Morgan fingerprint density at radius 2 is 2.10 bits per heavy atom. The Hall–Kier alpha value is -2.02. The molecule has 0 aromatic carbocycles. The number of hydrogen-bond acceptors (Lipinski definition) is 5. The molecule has 1 aliphatic carbocycles. The van der Waals surface area contributed by atoms with Crippen LogP contribution in [0, 0.1) is 11.8 Å². The van der Waals surface area contributed by atoms with Crippen molar-refractivity contribution in [3.8, 4) is 0 Å². The average molecular weight is 274 g/mol. The summed E-state index contributed by atoms with van der Waals surface area (Å²) in [7, 11) is 0. The summed E-state index contributed by atoms with van der Waals surface area (Å²) in [5.74, 6) is 0.664. The molecule has 0 aliphatic heterocycles. The number of aromatic amines is 1. The lowest BCUT2D eigenvalue weighted by Crippen LogP contribution is -2.29. The molecule has 7 nitrogen and oxygen atoms in total. The van der Waals surface area contributed by atoms with E-state index in [0.717, 1.165) is 32.2 Å². The molecule has 1 saturated carbocycles. The monoisotopic (exact) mass is 274 g/mol. The van der Waals surface area contributed by atoms with E-state index >= 15 is 0 Å². The van der Waals surface area contributed by atoms with Gasteiger partial charge in [-0.05, 0) is 38.1 Å². The SMILES string of the molecule is NCC1CCC(C(=O)Nc2cncc3n[nH]nc23)CC1. The topological polar surface area (TPSA) is 110 Å². The van der Waals surface area contributed by atoms with E-state index in [1.165, 1.54) is 0 Å². The Morgan fingerprint density at radius 1 is 1.30 bits per heavy atom. The van der Waals surface area contributed by atoms with Crippen molar-refractivity contribution in [1.29, 1.82) is 0 Å². The summed E-state index contributed by atoms with van der Waals surface area (Å²) in [5, 5.41) is 13.4. The summed E-state index contributed by atoms with van der Waals surface area (Å²) < 4.78 is 0. The third-order valence-corrected chi connectivity index (χ3v) is 4.04. The van der Waals surface area contributed by atoms with Gasteiger partial charge < -0.3 is 11.1 Å². The van der Waals surface area contributed by atoms with E-state index in [9.17, 15) is 4.79 Å². The minimum Gasteiger partial charge on any atom is -0.330 e. The predicted molar refractivity (Wildman–Crippen MR) is 74.8 cm³/mol. The van der Waals surface area contributed by atoms with E-state index in [1.807, 2.05) is 0 Å². The molecular weight excluding hydrogens is 256 g/mol. The molecule has 2 heterocycles. The molecule has 1 aliphatic rings. The largest absolute Gasteiger partial charge is 0.330 e. The molecule has 0 radical (unpaired) electrons. The number of fused-ring (bicyclic) bond motifs is 1. The molecule has 3 rings (SSSR count). The molecule has 2 aromatic rings. The third-order valence-electron chi connectivity index (χ3n) is 4.04. The highest BCUT2D eigenvalue weighted by Gasteiger charge is 2.26. The lowest BCUT2D eigenvalue weighted by molar-refractivity contribution is -0.121. The van der Waals surface area contributed by atoms with Crippen molar-refractivity contribution in [2.24, 2.45) is 17.6 Å². The van der Waals surface area contributed by atoms with Gasteiger partial charge in [-0.2, -0.15) is 15.4 Å². The standard InChI is InChI=1S/C13H18N6O/c14-5-8-1-3-9(4-2-8)13(20)16-10-6-15-7-11-12(10)18-19-17-11/h6-9H,1-5,14H2,(H,16,20)(H,17,18,19). The van der Waals surface area contributed by atoms with Crippen molar-refractivity contribution >= 4 is 22.6 Å². The zero-order valence-corrected chi connectivity index (χ0v) is 11.2. The first kappa shape index (κ1) is 13.0. The predicted octanol–water partition coefficient (Wildman–Crippen LogP) is 1.06. The number of H-pyrrole nitrogens is 1. The van der Waals surface area contributed by atoms with Crippen molar-refractivity contribution in [2.75, 3.05) is 11.9 Å². The molecule has 0 spiro atoms. The fraction of sp³-hybridized carbons (Fsp3) is 0.538. The van der Waals surface area contributed by atoms with Crippen LogP contribution in [0.4, 0.5) is 5.69 Å². The molecule has 2 aromatic heterocycles. The van der Waals surface area contributed by atoms with Gasteiger partial charge in [0, 0.05) is 5.92 Å². The Morgan fingerprint density at radius 3 is 2.85 bits per heavy atom. The van der Waals surface area contributed by atoms with Gasteiger partial charge in [-0.1, -0.05) is 0 Å². The second-order valence-corrected chi connectivity index (χ2v) is 5.32. The van der Waals surface area contributed by atoms with E-state index < -0.39 is 0 Å². The number of amides is 1. The second kappa shape index (κ2) is 5.54. The molecule has 0 saturated heterocycles. The van der Waals surface area contributed by atoms with Crippen molar-refractivity contribution in [2.45, 2.75) is 25.7 Å². The first-order valence-electron chi connectivity index (χ1n) is 6.93. The lowest BCUT2D eigenvalue weighted by atomic mass is 9.81. The van der Waals surface area contributed by atoms with Crippen LogP contribution in [0.2, 0.25) is 0 Å². The van der Waals surface area contributed by atoms with E-state index in [2.05, 4.69) is 25.7 Å². The van der Waals surface area contributed by atoms with Gasteiger partial charge in [0.2, 0.25) is 5.91 Å². The van der Waals surface area contributed by atoms with Crippen LogP contribution in [-0.2, 0) is 4.79 Å². The summed E-state index contributed by atoms with van der Waals surface area (Å²) in [5.41, 5.74) is 7.57. The van der Waals surface area contributed by atoms with Crippen LogP contribution in [0.25, 0.3) is 11.0 Å². The zero-order chi connectivity index (χ0) is 13.9. The minimum absolute atomic E-state index is 0.0396. The molecule has 0 bridgehead atoms. The molecule has 0 unspecified atom stereocenters. The highest BCUT2D eigenvalue weighted by Crippen LogP contribution is 2.29. The molecule has 7 heteroatoms. The number of nitrogens with one attached hydrogen (secondary N) is 2. The summed E-state index contributed by atoms with van der Waals surface area (Å²) in [6, 6.07) is 0. The van der Waals surface area contributed by atoms with Gasteiger partial charge >= 0.3 is 0 Å². The lowest BCUT2D eigenvalue weighted by Gasteiger charge is -2.26. The first-order valence-corrected chi connectivity index (χ1v) is 6.93. The Labute approximate surface area is 116 Å². The minimum atomic E-state index is 0.0396. The Kier molecular flexibility index (Phi) is 3.60. The molecule has 0 atom stereocenters. The number of anilines is 1. The maximum absolute atomic E-state index is 12.3. The zero-order valence-electron chi connectivity index (χ0n) is 11.2. The van der Waals surface area contributed by atoms with Crippen LogP contribution >= 0.6 is 0 Å². The van der Waals surface area contributed by atoms with Gasteiger partial charge in [-0.3, -0.25) is 9.78 Å². The summed E-state index contributed by atoms with van der Waals surface area (Å²) in [4.78, 5) is 16.4. The number of hydrogen-bond donors (Lipinski definition) is 3. The smallest absolute Gasteiger partial charge is 0.227 e.